The van der Waals surface area contributed by atoms with E-state index in [1.807, 2.05) is 0 Å². The van der Waals surface area contributed by atoms with E-state index in [0.29, 0.717) is 0 Å². The van der Waals surface area contributed by atoms with Gasteiger partial charge in [-0.1, -0.05) is 39.5 Å². The molecule has 1 radical (unpaired) electrons. The average Bonchev–Trinajstić information content (AvgIpc) is 1.63. The van der Waals surface area contributed by atoms with Crippen LogP contribution in [0.1, 0.15) is 27.7 Å². The van der Waals surface area contributed by atoms with Crippen molar-refractivity contribution in [2.75, 3.05) is 0 Å². The summed E-state index contributed by atoms with van der Waals surface area (Å²) in [4.78, 5) is 0. The van der Waals surface area contributed by atoms with Gasteiger partial charge in [0.15, 0.2) is 0 Å². The smallest absolute Gasteiger partial charge is 0.102 e. The molecule has 0 spiro atoms. The van der Waals surface area contributed by atoms with Gasteiger partial charge >= 0.3 is 18.9 Å². The molecule has 0 nitrogen and oxygen atoms in total. The van der Waals surface area contributed by atoms with Crippen LogP contribution in [0.2, 0.25) is 10.6 Å². The van der Waals surface area contributed by atoms with Crippen LogP contribution in [-0.2, 0) is 0 Å². The van der Waals surface area contributed by atoms with Gasteiger partial charge < -0.3 is 0 Å². The van der Waals surface area contributed by atoms with Crippen LogP contribution in [0.4, 0.5) is 0 Å². The number of hydrogen-bond acceptors (Lipinski definition) is 0. The predicted octanol–water partition coefficient (Wildman–Crippen LogP) is -0.157. The Morgan fingerprint density at radius 3 is 1.40 bits per heavy atom. The SMILES string of the molecule is CC(C)[CH2][Al][CH2]C(C)C.[Li+]. The minimum atomic E-state index is 0. The first-order valence-electron chi connectivity index (χ1n) is 3.94. The molecule has 0 saturated heterocycles. The van der Waals surface area contributed by atoms with Gasteiger partial charge in [0.2, 0.25) is 15.2 Å². The number of hydrogen-bond donors (Lipinski definition) is 0. The van der Waals surface area contributed by atoms with Crippen LogP contribution in [0.15, 0.2) is 0 Å². The molecule has 0 aromatic heterocycles. The third-order valence-corrected chi connectivity index (χ3v) is 3.83. The molecule has 0 heterocycles. The van der Waals surface area contributed by atoms with E-state index in [-0.39, 0.29) is 18.9 Å². The summed E-state index contributed by atoms with van der Waals surface area (Å²) >= 11 is 0.755. The Morgan fingerprint density at radius 2 is 1.20 bits per heavy atom. The predicted molar refractivity (Wildman–Crippen MR) is 45.0 cm³/mol. The fraction of sp³-hybridized carbons (Fsp3) is 1.00. The second kappa shape index (κ2) is 8.23. The normalized spacial score (nSPS) is 9.80. The molecule has 0 amide bonds. The van der Waals surface area contributed by atoms with Crippen LogP contribution < -0.4 is 18.9 Å². The quantitative estimate of drug-likeness (QED) is 0.486. The van der Waals surface area contributed by atoms with Crippen LogP contribution in [0.25, 0.3) is 0 Å². The fourth-order valence-electron chi connectivity index (χ4n) is 0.763. The van der Waals surface area contributed by atoms with Crippen molar-refractivity contribution in [2.45, 2.75) is 38.3 Å². The van der Waals surface area contributed by atoms with Gasteiger partial charge in [-0.3, -0.25) is 0 Å². The van der Waals surface area contributed by atoms with E-state index < -0.39 is 0 Å². The van der Waals surface area contributed by atoms with Crippen molar-refractivity contribution < 1.29 is 18.9 Å². The molecule has 0 aliphatic carbocycles. The summed E-state index contributed by atoms with van der Waals surface area (Å²) in [6.45, 7) is 9.25. The molecule has 0 atom stereocenters. The van der Waals surface area contributed by atoms with Crippen molar-refractivity contribution in [3.63, 3.8) is 0 Å². The molecule has 53 valence electrons. The largest absolute Gasteiger partial charge is 1.00 e. The van der Waals surface area contributed by atoms with E-state index in [1.165, 1.54) is 10.6 Å². The van der Waals surface area contributed by atoms with Crippen LogP contribution in [0, 0.1) is 11.8 Å². The topological polar surface area (TPSA) is 0 Å². The van der Waals surface area contributed by atoms with E-state index in [4.69, 9.17) is 0 Å². The van der Waals surface area contributed by atoms with Crippen LogP contribution in [0.3, 0.4) is 0 Å². The van der Waals surface area contributed by atoms with E-state index in [1.54, 1.807) is 0 Å². The zero-order valence-electron chi connectivity index (χ0n) is 8.15. The Balaban J connectivity index is 0. The minimum Gasteiger partial charge on any atom is -0.102 e. The maximum absolute atomic E-state index is 2.31. The molecule has 0 unspecified atom stereocenters. The minimum absolute atomic E-state index is 0. The maximum atomic E-state index is 2.31. The van der Waals surface area contributed by atoms with Gasteiger partial charge in [0, 0.05) is 0 Å². The summed E-state index contributed by atoms with van der Waals surface area (Å²) < 4.78 is 0. The molecule has 0 aliphatic heterocycles. The Hall–Kier alpha value is 1.13. The molecule has 2 heteroatoms. The molecule has 0 fully saturated rings. The third kappa shape index (κ3) is 11.9. The molecule has 10 heavy (non-hydrogen) atoms. The molecule has 0 saturated carbocycles. The van der Waals surface area contributed by atoms with Crippen molar-refractivity contribution in [1.82, 2.24) is 0 Å². The standard InChI is InChI=1S/2C4H9.Al.Li/c2*1-4(2)3;;/h2*4H,1H2,2-3H3;;/q;;;+1. The second-order valence-electron chi connectivity index (χ2n) is 3.55. The third-order valence-electron chi connectivity index (χ3n) is 1.28. The van der Waals surface area contributed by atoms with Gasteiger partial charge in [0.1, 0.15) is 0 Å². The van der Waals surface area contributed by atoms with E-state index >= 15 is 0 Å². The maximum Gasteiger partial charge on any atom is 1.00 e. The first-order chi connectivity index (χ1) is 4.13. The van der Waals surface area contributed by atoms with Crippen molar-refractivity contribution in [2.24, 2.45) is 11.8 Å². The monoisotopic (exact) mass is 148 g/mol. The summed E-state index contributed by atoms with van der Waals surface area (Å²) in [5.41, 5.74) is 0. The summed E-state index contributed by atoms with van der Waals surface area (Å²) in [5, 5.41) is 2.97. The first kappa shape index (κ1) is 13.7. The summed E-state index contributed by atoms with van der Waals surface area (Å²) in [6, 6.07) is 0. The average molecular weight is 148 g/mol. The summed E-state index contributed by atoms with van der Waals surface area (Å²) in [5.74, 6) is 1.86. The molecular weight excluding hydrogens is 130 g/mol. The first-order valence-corrected chi connectivity index (χ1v) is 5.58. The Bertz CT molecular complexity index is 54.3. The van der Waals surface area contributed by atoms with Gasteiger partial charge in [0.25, 0.3) is 0 Å². The molecule has 0 aromatic rings. The van der Waals surface area contributed by atoms with E-state index in [9.17, 15) is 0 Å². The zero-order chi connectivity index (χ0) is 7.28. The summed E-state index contributed by atoms with van der Waals surface area (Å²) in [7, 11) is 0. The van der Waals surface area contributed by atoms with Crippen molar-refractivity contribution >= 4 is 15.2 Å². The van der Waals surface area contributed by atoms with Gasteiger partial charge in [-0.05, 0) is 0 Å². The van der Waals surface area contributed by atoms with Crippen molar-refractivity contribution in [3.8, 4) is 0 Å². The molecule has 0 rings (SSSR count). The van der Waals surface area contributed by atoms with Gasteiger partial charge in [-0.2, -0.15) is 0 Å². The molecule has 0 bridgehead atoms. The van der Waals surface area contributed by atoms with E-state index in [2.05, 4.69) is 27.7 Å². The van der Waals surface area contributed by atoms with Crippen LogP contribution in [-0.4, -0.2) is 15.2 Å². The fourth-order valence-corrected chi connectivity index (χ4v) is 2.29. The molecule has 0 N–H and O–H groups in total. The zero-order valence-corrected chi connectivity index (χ0v) is 9.30. The molecule has 0 aromatic carbocycles. The van der Waals surface area contributed by atoms with E-state index in [0.717, 1.165) is 27.1 Å². The Morgan fingerprint density at radius 1 is 0.900 bits per heavy atom. The molecule has 0 aliphatic rings. The molecular formula is C8H18AlLi+. The van der Waals surface area contributed by atoms with Gasteiger partial charge in [-0.15, -0.1) is 10.6 Å². The Labute approximate surface area is 84.0 Å². The van der Waals surface area contributed by atoms with Crippen molar-refractivity contribution in [1.29, 1.82) is 0 Å². The van der Waals surface area contributed by atoms with Crippen molar-refractivity contribution in [3.05, 3.63) is 0 Å². The Kier molecular flexibility index (Phi) is 11.3. The van der Waals surface area contributed by atoms with Gasteiger partial charge in [-0.25, -0.2) is 0 Å². The number of rotatable bonds is 4. The summed E-state index contributed by atoms with van der Waals surface area (Å²) in [6.07, 6.45) is 0. The van der Waals surface area contributed by atoms with Crippen LogP contribution in [0.5, 0.6) is 0 Å². The second-order valence-corrected chi connectivity index (χ2v) is 5.07. The van der Waals surface area contributed by atoms with Gasteiger partial charge in [0.05, 0.1) is 0 Å². The van der Waals surface area contributed by atoms with Crippen LogP contribution >= 0.6 is 0 Å².